The molecule has 0 saturated heterocycles. The number of nitrogens with one attached hydrogen (secondary N) is 2. The minimum Gasteiger partial charge on any atom is -0.492 e. The normalized spacial score (nSPS) is 14.1. The average Bonchev–Trinajstić information content (AvgIpc) is 3.52. The number of ether oxygens (including phenoxy) is 2. The fraction of sp³-hybridized carbons (Fsp3) is 0.220. The number of esters is 1. The average molecular weight is 625 g/mol. The molecule has 0 spiro atoms. The van der Waals surface area contributed by atoms with E-state index in [1.165, 1.54) is 30.2 Å². The van der Waals surface area contributed by atoms with Crippen molar-refractivity contribution in [1.82, 2.24) is 0 Å². The lowest BCUT2D eigenvalue weighted by atomic mass is 9.93. The van der Waals surface area contributed by atoms with Crippen LogP contribution >= 0.6 is 0 Å². The highest BCUT2D eigenvalue weighted by Gasteiger charge is 2.24. The summed E-state index contributed by atoms with van der Waals surface area (Å²) in [5, 5.41) is 6.77. The predicted octanol–water partition coefficient (Wildman–Crippen LogP) is 7.88. The number of rotatable bonds is 14. The molecule has 5 aromatic rings. The Kier molecular flexibility index (Phi) is 10.3. The summed E-state index contributed by atoms with van der Waals surface area (Å²) in [6.07, 6.45) is 3.80. The lowest BCUT2D eigenvalue weighted by Gasteiger charge is -2.20. The molecule has 2 atom stereocenters. The number of hydrogen-bond donors (Lipinski definition) is 2. The predicted molar refractivity (Wildman–Crippen MR) is 188 cm³/mol. The van der Waals surface area contributed by atoms with Crippen LogP contribution < -0.4 is 15.4 Å². The van der Waals surface area contributed by atoms with Crippen LogP contribution in [-0.4, -0.2) is 38.1 Å². The lowest BCUT2D eigenvalue weighted by molar-refractivity contribution is -0.141. The monoisotopic (exact) mass is 624 g/mol. The number of aryl methyl sites for hydroxylation is 1. The highest BCUT2D eigenvalue weighted by atomic mass is 16.5. The van der Waals surface area contributed by atoms with Gasteiger partial charge in [-0.05, 0) is 83.8 Å². The Labute approximate surface area is 276 Å². The minimum absolute atomic E-state index is 0.114. The Morgan fingerprint density at radius 2 is 1.53 bits per heavy atom. The molecule has 0 amide bonds. The molecule has 47 heavy (non-hydrogen) atoms. The van der Waals surface area contributed by atoms with E-state index in [-0.39, 0.29) is 5.78 Å². The van der Waals surface area contributed by atoms with E-state index < -0.39 is 12.0 Å². The first-order chi connectivity index (χ1) is 23.1. The molecule has 0 aromatic heterocycles. The van der Waals surface area contributed by atoms with Gasteiger partial charge in [0.05, 0.1) is 7.11 Å². The SMILES string of the molecule is COC(=O)C(Cc1ccc(OCCNc2ccc3c(c2)CCC3Cc2ccccc2)cc1)Nc1ccccc1C(=O)c1ccccc1. The van der Waals surface area contributed by atoms with E-state index in [9.17, 15) is 9.59 Å². The largest absolute Gasteiger partial charge is 0.492 e. The number of hydrogen-bond acceptors (Lipinski definition) is 6. The van der Waals surface area contributed by atoms with Crippen LogP contribution in [-0.2, 0) is 28.8 Å². The molecular weight excluding hydrogens is 584 g/mol. The molecule has 0 aliphatic heterocycles. The van der Waals surface area contributed by atoms with Crippen LogP contribution in [0.1, 0.15) is 50.5 Å². The van der Waals surface area contributed by atoms with Gasteiger partial charge in [-0.1, -0.05) is 91.0 Å². The van der Waals surface area contributed by atoms with E-state index in [1.54, 1.807) is 18.2 Å². The quantitative estimate of drug-likeness (QED) is 0.0744. The molecule has 5 aromatic carbocycles. The first-order valence-corrected chi connectivity index (χ1v) is 16.2. The molecule has 0 radical (unpaired) electrons. The Morgan fingerprint density at radius 3 is 2.30 bits per heavy atom. The van der Waals surface area contributed by atoms with Gasteiger partial charge in [-0.15, -0.1) is 0 Å². The van der Waals surface area contributed by atoms with E-state index in [2.05, 4.69) is 59.2 Å². The van der Waals surface area contributed by atoms with Gasteiger partial charge in [0, 0.05) is 35.5 Å². The smallest absolute Gasteiger partial charge is 0.328 e. The van der Waals surface area contributed by atoms with Crippen molar-refractivity contribution in [2.45, 2.75) is 37.6 Å². The van der Waals surface area contributed by atoms with Crippen LogP contribution in [0.5, 0.6) is 5.75 Å². The number of carbonyl (C=O) groups excluding carboxylic acids is 2. The van der Waals surface area contributed by atoms with E-state index in [1.807, 2.05) is 60.7 Å². The third-order valence-corrected chi connectivity index (χ3v) is 8.76. The molecule has 6 heteroatoms. The summed E-state index contributed by atoms with van der Waals surface area (Å²) in [6, 6.07) is 40.9. The molecule has 6 nitrogen and oxygen atoms in total. The van der Waals surface area contributed by atoms with Gasteiger partial charge < -0.3 is 20.1 Å². The van der Waals surface area contributed by atoms with Crippen molar-refractivity contribution in [3.05, 3.63) is 161 Å². The van der Waals surface area contributed by atoms with Gasteiger partial charge in [0.15, 0.2) is 5.78 Å². The number of para-hydroxylation sites is 1. The Hall–Kier alpha value is -5.36. The van der Waals surface area contributed by atoms with Crippen molar-refractivity contribution in [3.63, 3.8) is 0 Å². The minimum atomic E-state index is -0.679. The molecule has 2 N–H and O–H groups in total. The summed E-state index contributed by atoms with van der Waals surface area (Å²) in [7, 11) is 1.37. The summed E-state index contributed by atoms with van der Waals surface area (Å²) in [4.78, 5) is 26.0. The van der Waals surface area contributed by atoms with Gasteiger partial charge in [0.1, 0.15) is 18.4 Å². The zero-order valence-corrected chi connectivity index (χ0v) is 26.7. The Balaban J connectivity index is 1.01. The van der Waals surface area contributed by atoms with Crippen LogP contribution in [0.3, 0.4) is 0 Å². The van der Waals surface area contributed by atoms with Gasteiger partial charge in [-0.3, -0.25) is 4.79 Å². The Morgan fingerprint density at radius 1 is 0.809 bits per heavy atom. The van der Waals surface area contributed by atoms with Crippen molar-refractivity contribution >= 4 is 23.1 Å². The summed E-state index contributed by atoms with van der Waals surface area (Å²) in [5.74, 6) is 0.828. The van der Waals surface area contributed by atoms with E-state index in [4.69, 9.17) is 9.47 Å². The van der Waals surface area contributed by atoms with Crippen molar-refractivity contribution in [2.75, 3.05) is 30.9 Å². The molecule has 6 rings (SSSR count). The van der Waals surface area contributed by atoms with Crippen LogP contribution in [0.2, 0.25) is 0 Å². The highest BCUT2D eigenvalue weighted by molar-refractivity contribution is 6.12. The van der Waals surface area contributed by atoms with Crippen LogP contribution in [0.15, 0.2) is 127 Å². The van der Waals surface area contributed by atoms with Gasteiger partial charge in [-0.2, -0.15) is 0 Å². The lowest BCUT2D eigenvalue weighted by Crippen LogP contribution is -2.33. The second-order valence-electron chi connectivity index (χ2n) is 11.9. The molecule has 1 aliphatic carbocycles. The first-order valence-electron chi connectivity index (χ1n) is 16.2. The molecule has 0 fully saturated rings. The fourth-order valence-electron chi connectivity index (χ4n) is 6.32. The topological polar surface area (TPSA) is 76.7 Å². The molecule has 2 unspecified atom stereocenters. The summed E-state index contributed by atoms with van der Waals surface area (Å²) in [5.41, 5.74) is 8.05. The standard InChI is InChI=1S/C41H40N2O4/c1-46-41(45)39(43-38-15-9-8-14-37(38)40(44)31-12-6-3-7-13-31)27-30-16-21-35(22-17-30)47-25-24-42-34-20-23-36-32(18-19-33(36)28-34)26-29-10-4-2-5-11-29/h2-17,20-23,28,32,39,42-43H,18-19,24-27H2,1H3. The van der Waals surface area contributed by atoms with Gasteiger partial charge in [0.2, 0.25) is 0 Å². The zero-order chi connectivity index (χ0) is 32.4. The molecule has 0 saturated carbocycles. The maximum Gasteiger partial charge on any atom is 0.328 e. The van der Waals surface area contributed by atoms with Gasteiger partial charge in [-0.25, -0.2) is 4.79 Å². The highest BCUT2D eigenvalue weighted by Crippen LogP contribution is 2.37. The molecule has 1 aliphatic rings. The number of carbonyl (C=O) groups is 2. The maximum atomic E-state index is 13.2. The number of anilines is 2. The molecule has 0 heterocycles. The van der Waals surface area contributed by atoms with Crippen molar-refractivity contribution in [3.8, 4) is 5.75 Å². The van der Waals surface area contributed by atoms with E-state index in [0.29, 0.717) is 42.3 Å². The van der Waals surface area contributed by atoms with Crippen molar-refractivity contribution in [1.29, 1.82) is 0 Å². The van der Waals surface area contributed by atoms with Crippen molar-refractivity contribution < 1.29 is 19.1 Å². The van der Waals surface area contributed by atoms with E-state index in [0.717, 1.165) is 29.8 Å². The van der Waals surface area contributed by atoms with Crippen LogP contribution in [0.25, 0.3) is 0 Å². The summed E-state index contributed by atoms with van der Waals surface area (Å²) < 4.78 is 11.1. The number of ketones is 1. The number of benzene rings is 5. The number of methoxy groups -OCH3 is 1. The third kappa shape index (κ3) is 8.08. The zero-order valence-electron chi connectivity index (χ0n) is 26.7. The summed E-state index contributed by atoms with van der Waals surface area (Å²) >= 11 is 0. The second kappa shape index (κ2) is 15.3. The third-order valence-electron chi connectivity index (χ3n) is 8.76. The van der Waals surface area contributed by atoms with E-state index >= 15 is 0 Å². The van der Waals surface area contributed by atoms with Gasteiger partial charge >= 0.3 is 5.97 Å². The molecular formula is C41H40N2O4. The van der Waals surface area contributed by atoms with Gasteiger partial charge in [0.25, 0.3) is 0 Å². The molecule has 0 bridgehead atoms. The fourth-order valence-corrected chi connectivity index (χ4v) is 6.32. The molecule has 238 valence electrons. The second-order valence-corrected chi connectivity index (χ2v) is 11.9. The van der Waals surface area contributed by atoms with Crippen LogP contribution in [0.4, 0.5) is 11.4 Å². The van der Waals surface area contributed by atoms with Crippen LogP contribution in [0, 0.1) is 0 Å². The first kappa shape index (κ1) is 31.6. The maximum absolute atomic E-state index is 13.2. The number of fused-ring (bicyclic) bond motifs is 1. The van der Waals surface area contributed by atoms with Crippen molar-refractivity contribution in [2.24, 2.45) is 0 Å². The Bertz CT molecular complexity index is 1790. The summed E-state index contributed by atoms with van der Waals surface area (Å²) in [6.45, 7) is 1.20.